The number of allylic oxidation sites excluding steroid dienone is 12. The molecule has 0 spiro atoms. The highest BCUT2D eigenvalue weighted by Gasteiger charge is 2.33. The van der Waals surface area contributed by atoms with Gasteiger partial charge in [0.25, 0.3) is 0 Å². The van der Waals surface area contributed by atoms with Crippen LogP contribution in [-0.4, -0.2) is 29.0 Å². The highest BCUT2D eigenvalue weighted by molar-refractivity contribution is 5.93. The Kier molecular flexibility index (Phi) is 19.3. The van der Waals surface area contributed by atoms with E-state index in [1.54, 1.807) is 13.8 Å². The number of esters is 1. The molecule has 0 saturated carbocycles. The lowest BCUT2D eigenvalue weighted by Crippen LogP contribution is -2.43. The lowest BCUT2D eigenvalue weighted by molar-refractivity contribution is -0.141. The number of amides is 1. The molecule has 0 aliphatic rings. The van der Waals surface area contributed by atoms with Crippen molar-refractivity contribution in [2.24, 2.45) is 5.92 Å². The molecule has 0 aromatic heterocycles. The number of carboxylic acid groups (broad SMARTS) is 1. The van der Waals surface area contributed by atoms with Gasteiger partial charge < -0.3 is 15.2 Å². The first-order valence-corrected chi connectivity index (χ1v) is 15.3. The van der Waals surface area contributed by atoms with E-state index >= 15 is 0 Å². The molecule has 2 N–H and O–H groups in total. The van der Waals surface area contributed by atoms with Crippen LogP contribution < -0.4 is 10.1 Å². The summed E-state index contributed by atoms with van der Waals surface area (Å²) in [6, 6.07) is 0.649. The third kappa shape index (κ3) is 18.3. The number of carbonyl (C=O) groups excluding carboxylic acids is 2. The molecule has 0 aliphatic heterocycles. The van der Waals surface area contributed by atoms with Crippen molar-refractivity contribution < 1.29 is 37.4 Å². The molecule has 1 unspecified atom stereocenters. The quantitative estimate of drug-likeness (QED) is 0.0852. The average molecular weight is 630 g/mol. The maximum atomic E-state index is 13.1. The number of rotatable bonds is 20. The summed E-state index contributed by atoms with van der Waals surface area (Å²) in [6.45, 7) is 5.73. The summed E-state index contributed by atoms with van der Waals surface area (Å²) in [7, 11) is 0. The smallest absolute Gasteiger partial charge is 0.416 e. The number of ether oxygens (including phenoxy) is 1. The molecule has 0 heterocycles. The third-order valence-corrected chi connectivity index (χ3v) is 6.21. The number of carboxylic acids is 1. The van der Waals surface area contributed by atoms with Crippen molar-refractivity contribution in [2.45, 2.75) is 90.8 Å². The number of hydrogen-bond donors (Lipinski definition) is 2. The molecule has 0 bridgehead atoms. The van der Waals surface area contributed by atoms with E-state index in [2.05, 4.69) is 66.9 Å². The zero-order chi connectivity index (χ0) is 33.5. The molecular weight excluding hydrogens is 583 g/mol. The first-order valence-electron chi connectivity index (χ1n) is 15.3. The van der Waals surface area contributed by atoms with Crippen LogP contribution in [0.15, 0.2) is 91.1 Å². The van der Waals surface area contributed by atoms with E-state index in [1.165, 1.54) is 0 Å². The predicted octanol–water partition coefficient (Wildman–Crippen LogP) is 9.32. The lowest BCUT2D eigenvalue weighted by Gasteiger charge is -2.20. The van der Waals surface area contributed by atoms with Crippen molar-refractivity contribution in [1.82, 2.24) is 5.32 Å². The fourth-order valence-electron chi connectivity index (χ4n) is 3.95. The third-order valence-electron chi connectivity index (χ3n) is 6.21. The van der Waals surface area contributed by atoms with Gasteiger partial charge in [0.2, 0.25) is 5.91 Å². The van der Waals surface area contributed by atoms with Gasteiger partial charge in [-0.05, 0) is 75.5 Å². The molecule has 6 nitrogen and oxygen atoms in total. The van der Waals surface area contributed by atoms with Crippen molar-refractivity contribution in [3.05, 3.63) is 102 Å². The number of benzene rings is 1. The van der Waals surface area contributed by atoms with Crippen molar-refractivity contribution >= 4 is 17.8 Å². The average Bonchev–Trinajstić information content (AvgIpc) is 2.97. The molecule has 45 heavy (non-hydrogen) atoms. The standard InChI is InChI=1S/C36H46F3NO5/c1-4-5-6-7-8-9-10-11-12-13-14-15-16-17-18-19-20-21-22-23-33(41)40-31(26-28(2)3)35(44)45-32-27-29(36(37,38)39)24-25-30(32)34(42)43/h5-6,8-9,11-12,14-15,17-18,20-21,24-25,27-28,31H,4,7,10,13,16,19,22-23,26H2,1-3H3,(H,40,41)(H,42,43). The van der Waals surface area contributed by atoms with E-state index in [4.69, 9.17) is 4.74 Å². The maximum Gasteiger partial charge on any atom is 0.416 e. The molecule has 246 valence electrons. The highest BCUT2D eigenvalue weighted by atomic mass is 19.4. The van der Waals surface area contributed by atoms with Crippen molar-refractivity contribution in [2.75, 3.05) is 0 Å². The largest absolute Gasteiger partial charge is 0.478 e. The fraction of sp³-hybridized carbons (Fsp3) is 0.417. The first-order chi connectivity index (χ1) is 21.5. The maximum absolute atomic E-state index is 13.1. The molecule has 0 saturated heterocycles. The molecule has 1 aromatic carbocycles. The molecule has 1 aromatic rings. The molecule has 1 rings (SSSR count). The van der Waals surface area contributed by atoms with Crippen LogP contribution in [0, 0.1) is 5.92 Å². The molecule has 0 radical (unpaired) electrons. The first kappa shape index (κ1) is 38.9. The second-order valence-electron chi connectivity index (χ2n) is 10.6. The van der Waals surface area contributed by atoms with Gasteiger partial charge in [-0.2, -0.15) is 13.2 Å². The van der Waals surface area contributed by atoms with Gasteiger partial charge in [0.05, 0.1) is 5.56 Å². The summed E-state index contributed by atoms with van der Waals surface area (Å²) in [5.74, 6) is -3.81. The van der Waals surface area contributed by atoms with Gasteiger partial charge in [0.15, 0.2) is 0 Å². The number of nitrogens with one attached hydrogen (secondary N) is 1. The molecule has 0 fully saturated rings. The van der Waals surface area contributed by atoms with E-state index in [1.807, 2.05) is 18.2 Å². The number of alkyl halides is 3. The van der Waals surface area contributed by atoms with E-state index in [-0.39, 0.29) is 18.8 Å². The monoisotopic (exact) mass is 629 g/mol. The second kappa shape index (κ2) is 22.4. The molecule has 1 amide bonds. The summed E-state index contributed by atoms with van der Waals surface area (Å²) in [4.78, 5) is 36.8. The number of halogens is 3. The van der Waals surface area contributed by atoms with Gasteiger partial charge in [-0.25, -0.2) is 9.59 Å². The Morgan fingerprint density at radius 2 is 1.31 bits per heavy atom. The zero-order valence-corrected chi connectivity index (χ0v) is 26.4. The summed E-state index contributed by atoms with van der Waals surface area (Å²) < 4.78 is 44.5. The van der Waals surface area contributed by atoms with Crippen LogP contribution in [0.4, 0.5) is 13.2 Å². The van der Waals surface area contributed by atoms with Gasteiger partial charge in [0.1, 0.15) is 17.4 Å². The van der Waals surface area contributed by atoms with Crippen molar-refractivity contribution in [3.63, 3.8) is 0 Å². The van der Waals surface area contributed by atoms with Gasteiger partial charge >= 0.3 is 18.1 Å². The Balaban J connectivity index is 2.47. The Labute approximate surface area is 265 Å². The number of hydrogen-bond acceptors (Lipinski definition) is 4. The van der Waals surface area contributed by atoms with E-state index in [0.29, 0.717) is 25.0 Å². The van der Waals surface area contributed by atoms with Gasteiger partial charge in [-0.1, -0.05) is 93.7 Å². The summed E-state index contributed by atoms with van der Waals surface area (Å²) >= 11 is 0. The lowest BCUT2D eigenvalue weighted by atomic mass is 10.0. The van der Waals surface area contributed by atoms with Crippen molar-refractivity contribution in [3.8, 4) is 5.75 Å². The normalized spacial score (nSPS) is 13.4. The Morgan fingerprint density at radius 1 is 0.822 bits per heavy atom. The van der Waals surface area contributed by atoms with Crippen LogP contribution >= 0.6 is 0 Å². The van der Waals surface area contributed by atoms with Crippen LogP contribution in [0.3, 0.4) is 0 Å². The minimum absolute atomic E-state index is 0.0633. The minimum Gasteiger partial charge on any atom is -0.478 e. The van der Waals surface area contributed by atoms with Crippen LogP contribution in [0.2, 0.25) is 0 Å². The zero-order valence-electron chi connectivity index (χ0n) is 26.4. The van der Waals surface area contributed by atoms with E-state index in [9.17, 15) is 32.7 Å². The van der Waals surface area contributed by atoms with Crippen LogP contribution in [0.25, 0.3) is 0 Å². The van der Waals surface area contributed by atoms with Crippen LogP contribution in [0.5, 0.6) is 5.75 Å². The van der Waals surface area contributed by atoms with Gasteiger partial charge in [-0.15, -0.1) is 0 Å². The van der Waals surface area contributed by atoms with Gasteiger partial charge in [0, 0.05) is 6.42 Å². The molecule has 0 aliphatic carbocycles. The minimum atomic E-state index is -4.76. The van der Waals surface area contributed by atoms with Crippen LogP contribution in [0.1, 0.15) is 94.5 Å². The molecule has 1 atom stereocenters. The topological polar surface area (TPSA) is 92.7 Å². The van der Waals surface area contributed by atoms with Gasteiger partial charge in [-0.3, -0.25) is 4.79 Å². The van der Waals surface area contributed by atoms with E-state index in [0.717, 1.165) is 38.2 Å². The van der Waals surface area contributed by atoms with Crippen molar-refractivity contribution in [1.29, 1.82) is 0 Å². The highest BCUT2D eigenvalue weighted by Crippen LogP contribution is 2.33. The number of carbonyl (C=O) groups is 3. The van der Waals surface area contributed by atoms with Crippen LogP contribution in [-0.2, 0) is 15.8 Å². The molecular formula is C36H46F3NO5. The fourth-order valence-corrected chi connectivity index (χ4v) is 3.95. The Morgan fingerprint density at radius 3 is 1.76 bits per heavy atom. The SMILES string of the molecule is CCC=CCC=CCC=CCC=CCC=CCC=CCCC(=O)NC(CC(C)C)C(=O)Oc1cc(C(F)(F)F)ccc1C(=O)O. The number of aromatic carboxylic acids is 1. The summed E-state index contributed by atoms with van der Waals surface area (Å²) in [5, 5.41) is 11.9. The second-order valence-corrected chi connectivity index (χ2v) is 10.6. The Hall–Kier alpha value is -4.14. The Bertz CT molecular complexity index is 1240. The summed E-state index contributed by atoms with van der Waals surface area (Å²) in [5.41, 5.74) is -1.75. The summed E-state index contributed by atoms with van der Waals surface area (Å²) in [6.07, 6.45) is 26.4. The predicted molar refractivity (Wildman–Crippen MR) is 173 cm³/mol. The molecule has 9 heteroatoms. The van der Waals surface area contributed by atoms with E-state index < -0.39 is 46.9 Å².